The summed E-state index contributed by atoms with van der Waals surface area (Å²) in [6, 6.07) is 9.50. The van der Waals surface area contributed by atoms with Crippen LogP contribution in [0.1, 0.15) is 34.5 Å². The number of carbonyl (C=O) groups excluding carboxylic acids is 1. The Morgan fingerprint density at radius 3 is 2.71 bits per heavy atom. The number of aryl methyl sites for hydroxylation is 1. The van der Waals surface area contributed by atoms with Gasteiger partial charge in [0.05, 0.1) is 0 Å². The first-order chi connectivity index (χ1) is 10.3. The van der Waals surface area contributed by atoms with E-state index in [1.165, 1.54) is 24.0 Å². The number of nitrogens with one attached hydrogen (secondary N) is 2. The number of carbonyl (C=O) groups is 1. The minimum absolute atomic E-state index is 0.218. The Morgan fingerprint density at radius 2 is 1.95 bits per heavy atom. The molecule has 0 radical (unpaired) electrons. The first-order valence-corrected chi connectivity index (χ1v) is 7.21. The van der Waals surface area contributed by atoms with Crippen molar-refractivity contribution in [1.82, 2.24) is 10.2 Å². The quantitative estimate of drug-likeness (QED) is 0.908. The second-order valence-electron chi connectivity index (χ2n) is 5.16. The molecule has 21 heavy (non-hydrogen) atoms. The average Bonchev–Trinajstić information content (AvgIpc) is 2.55. The first kappa shape index (κ1) is 13.5. The summed E-state index contributed by atoms with van der Waals surface area (Å²) in [5, 5.41) is 13.7. The lowest BCUT2D eigenvalue weighted by atomic mass is 9.90. The maximum absolute atomic E-state index is 12.3. The van der Waals surface area contributed by atoms with Crippen molar-refractivity contribution in [2.45, 2.75) is 25.7 Å². The average molecular weight is 282 g/mol. The highest BCUT2D eigenvalue weighted by Crippen LogP contribution is 2.28. The summed E-state index contributed by atoms with van der Waals surface area (Å²) < 4.78 is 0. The third-order valence-corrected chi connectivity index (χ3v) is 3.80. The molecular formula is C16H18N4O. The van der Waals surface area contributed by atoms with E-state index >= 15 is 0 Å². The van der Waals surface area contributed by atoms with Gasteiger partial charge in [-0.05, 0) is 55.0 Å². The zero-order chi connectivity index (χ0) is 14.7. The molecule has 0 saturated carbocycles. The van der Waals surface area contributed by atoms with Gasteiger partial charge < -0.3 is 10.6 Å². The second kappa shape index (κ2) is 5.91. The van der Waals surface area contributed by atoms with Crippen LogP contribution in [0.5, 0.6) is 0 Å². The summed E-state index contributed by atoms with van der Waals surface area (Å²) in [4.78, 5) is 12.3. The molecule has 5 nitrogen and oxygen atoms in total. The topological polar surface area (TPSA) is 66.9 Å². The number of benzene rings is 1. The minimum atomic E-state index is -0.218. The van der Waals surface area contributed by atoms with Gasteiger partial charge in [0.25, 0.3) is 5.91 Å². The van der Waals surface area contributed by atoms with Crippen LogP contribution in [0.4, 0.5) is 11.5 Å². The molecule has 1 heterocycles. The molecule has 0 bridgehead atoms. The molecule has 1 aliphatic carbocycles. The van der Waals surface area contributed by atoms with E-state index in [2.05, 4.69) is 26.9 Å². The normalized spacial score (nSPS) is 13.4. The van der Waals surface area contributed by atoms with E-state index in [1.807, 2.05) is 12.1 Å². The molecule has 1 amide bonds. The van der Waals surface area contributed by atoms with Crippen molar-refractivity contribution < 1.29 is 4.79 Å². The monoisotopic (exact) mass is 282 g/mol. The van der Waals surface area contributed by atoms with E-state index < -0.39 is 0 Å². The van der Waals surface area contributed by atoms with Crippen molar-refractivity contribution >= 4 is 17.4 Å². The number of nitrogens with zero attached hydrogens (tertiary/aromatic N) is 2. The highest BCUT2D eigenvalue weighted by Gasteiger charge is 2.15. The molecule has 0 unspecified atom stereocenters. The van der Waals surface area contributed by atoms with Gasteiger partial charge in [-0.3, -0.25) is 4.79 Å². The van der Waals surface area contributed by atoms with Gasteiger partial charge in [-0.25, -0.2) is 0 Å². The molecule has 0 saturated heterocycles. The standard InChI is InChI=1S/C16H18N4O/c1-17-15-10-9-14(19-20-15)16(21)18-13-8-4-6-11-5-2-3-7-12(11)13/h4,6,8-10H,2-3,5,7H2,1H3,(H,17,20)(H,18,21). The van der Waals surface area contributed by atoms with Crippen LogP contribution >= 0.6 is 0 Å². The third-order valence-electron chi connectivity index (χ3n) is 3.80. The molecule has 0 fully saturated rings. The number of aromatic nitrogens is 2. The predicted octanol–water partition coefficient (Wildman–Crippen LogP) is 2.65. The summed E-state index contributed by atoms with van der Waals surface area (Å²) in [6.45, 7) is 0. The summed E-state index contributed by atoms with van der Waals surface area (Å²) >= 11 is 0. The van der Waals surface area contributed by atoms with Gasteiger partial charge >= 0.3 is 0 Å². The van der Waals surface area contributed by atoms with Crippen molar-refractivity contribution in [2.75, 3.05) is 17.7 Å². The van der Waals surface area contributed by atoms with Gasteiger partial charge in [0.15, 0.2) is 5.69 Å². The van der Waals surface area contributed by atoms with E-state index in [0.29, 0.717) is 11.5 Å². The van der Waals surface area contributed by atoms with E-state index in [0.717, 1.165) is 18.5 Å². The number of amides is 1. The van der Waals surface area contributed by atoms with Crippen molar-refractivity contribution in [1.29, 1.82) is 0 Å². The molecule has 0 aliphatic heterocycles. The lowest BCUT2D eigenvalue weighted by Crippen LogP contribution is -2.17. The number of hydrogen-bond acceptors (Lipinski definition) is 4. The predicted molar refractivity (Wildman–Crippen MR) is 82.6 cm³/mol. The molecular weight excluding hydrogens is 264 g/mol. The molecule has 1 aromatic carbocycles. The number of hydrogen-bond donors (Lipinski definition) is 2. The van der Waals surface area contributed by atoms with Crippen LogP contribution in [0.3, 0.4) is 0 Å². The van der Waals surface area contributed by atoms with Crippen LogP contribution in [-0.2, 0) is 12.8 Å². The summed E-state index contributed by atoms with van der Waals surface area (Å²) in [5.74, 6) is 0.424. The molecule has 3 rings (SSSR count). The highest BCUT2D eigenvalue weighted by molar-refractivity contribution is 6.03. The van der Waals surface area contributed by atoms with Gasteiger partial charge in [0.2, 0.25) is 0 Å². The van der Waals surface area contributed by atoms with Crippen molar-refractivity contribution in [3.8, 4) is 0 Å². The Bertz CT molecular complexity index is 652. The molecule has 108 valence electrons. The fourth-order valence-electron chi connectivity index (χ4n) is 2.67. The summed E-state index contributed by atoms with van der Waals surface area (Å²) in [6.07, 6.45) is 4.52. The third kappa shape index (κ3) is 2.86. The van der Waals surface area contributed by atoms with Crippen LogP contribution < -0.4 is 10.6 Å². The summed E-state index contributed by atoms with van der Waals surface area (Å²) in [5.41, 5.74) is 3.83. The van der Waals surface area contributed by atoms with E-state index in [-0.39, 0.29) is 5.91 Å². The smallest absolute Gasteiger partial charge is 0.276 e. The number of rotatable bonds is 3. The number of anilines is 2. The van der Waals surface area contributed by atoms with Crippen molar-refractivity contribution in [3.63, 3.8) is 0 Å². The second-order valence-corrected chi connectivity index (χ2v) is 5.16. The van der Waals surface area contributed by atoms with Gasteiger partial charge in [0, 0.05) is 12.7 Å². The van der Waals surface area contributed by atoms with Crippen LogP contribution in [0, 0.1) is 0 Å². The molecule has 5 heteroatoms. The fourth-order valence-corrected chi connectivity index (χ4v) is 2.67. The molecule has 0 spiro atoms. The molecule has 1 aromatic heterocycles. The minimum Gasteiger partial charge on any atom is -0.372 e. The Morgan fingerprint density at radius 1 is 1.10 bits per heavy atom. The van der Waals surface area contributed by atoms with Crippen LogP contribution in [0.15, 0.2) is 30.3 Å². The Balaban J connectivity index is 1.81. The Kier molecular flexibility index (Phi) is 3.81. The zero-order valence-corrected chi connectivity index (χ0v) is 12.0. The molecule has 2 N–H and O–H groups in total. The van der Waals surface area contributed by atoms with Gasteiger partial charge in [-0.2, -0.15) is 0 Å². The largest absolute Gasteiger partial charge is 0.372 e. The molecule has 0 atom stereocenters. The van der Waals surface area contributed by atoms with Gasteiger partial charge in [-0.15, -0.1) is 10.2 Å². The van der Waals surface area contributed by atoms with E-state index in [4.69, 9.17) is 0 Å². The van der Waals surface area contributed by atoms with E-state index in [1.54, 1.807) is 19.2 Å². The van der Waals surface area contributed by atoms with Crippen LogP contribution in [0.2, 0.25) is 0 Å². The Labute approximate surface area is 123 Å². The van der Waals surface area contributed by atoms with E-state index in [9.17, 15) is 4.79 Å². The SMILES string of the molecule is CNc1ccc(C(=O)Nc2cccc3c2CCCC3)nn1. The van der Waals surface area contributed by atoms with Crippen LogP contribution in [0.25, 0.3) is 0 Å². The van der Waals surface area contributed by atoms with Gasteiger partial charge in [-0.1, -0.05) is 12.1 Å². The first-order valence-electron chi connectivity index (χ1n) is 7.21. The van der Waals surface area contributed by atoms with Crippen molar-refractivity contribution in [3.05, 3.63) is 47.2 Å². The maximum atomic E-state index is 12.3. The lowest BCUT2D eigenvalue weighted by Gasteiger charge is -2.19. The zero-order valence-electron chi connectivity index (χ0n) is 12.0. The number of fused-ring (bicyclic) bond motifs is 1. The van der Waals surface area contributed by atoms with Crippen molar-refractivity contribution in [2.24, 2.45) is 0 Å². The van der Waals surface area contributed by atoms with Gasteiger partial charge in [0.1, 0.15) is 5.82 Å². The molecule has 2 aromatic rings. The maximum Gasteiger partial charge on any atom is 0.276 e. The highest BCUT2D eigenvalue weighted by atomic mass is 16.1. The fraction of sp³-hybridized carbons (Fsp3) is 0.312. The summed E-state index contributed by atoms with van der Waals surface area (Å²) in [7, 11) is 1.76. The molecule has 1 aliphatic rings. The lowest BCUT2D eigenvalue weighted by molar-refractivity contribution is 0.102. The van der Waals surface area contributed by atoms with Crippen LogP contribution in [-0.4, -0.2) is 23.2 Å². The Hall–Kier alpha value is -2.43.